The summed E-state index contributed by atoms with van der Waals surface area (Å²) >= 11 is 0. The minimum absolute atomic E-state index is 0.000905. The monoisotopic (exact) mass is 1430 g/mol. The minimum atomic E-state index is -4.87. The van der Waals surface area contributed by atoms with Crippen molar-refractivity contribution < 1.29 is 88.8 Å². The molecule has 0 spiro atoms. The summed E-state index contributed by atoms with van der Waals surface area (Å²) in [7, 11) is 0. The van der Waals surface area contributed by atoms with E-state index in [9.17, 15) is 64.7 Å². The number of nitrogens with zero attached hydrogens (tertiary/aromatic N) is 7. The van der Waals surface area contributed by atoms with E-state index in [1.807, 2.05) is 0 Å². The molecule has 24 nitrogen and oxygen atoms in total. The first-order valence-corrected chi connectivity index (χ1v) is 32.6. The first-order chi connectivity index (χ1) is 48.5. The van der Waals surface area contributed by atoms with Gasteiger partial charge in [-0.15, -0.1) is 36.5 Å². The Morgan fingerprint density at radius 3 is 1.38 bits per heavy atom. The van der Waals surface area contributed by atoms with Crippen LogP contribution in [0.5, 0.6) is 11.5 Å². The van der Waals surface area contributed by atoms with Gasteiger partial charge < -0.3 is 35.1 Å². The molecule has 2 aromatic heterocycles. The van der Waals surface area contributed by atoms with Crippen molar-refractivity contribution in [3.63, 3.8) is 0 Å². The molecule has 8 aromatic rings. The van der Waals surface area contributed by atoms with Crippen molar-refractivity contribution in [2.45, 2.75) is 143 Å². The summed E-state index contributed by atoms with van der Waals surface area (Å²) in [6, 6.07) is 36.2. The molecule has 103 heavy (non-hydrogen) atoms. The van der Waals surface area contributed by atoms with E-state index in [0.717, 1.165) is 53.8 Å². The number of alkyl halides is 6. The Morgan fingerprint density at radius 2 is 0.971 bits per heavy atom. The molecule has 1 aliphatic carbocycles. The molecule has 3 atom stereocenters. The quantitative estimate of drug-likeness (QED) is 0.0269. The first kappa shape index (κ1) is 77.4. The zero-order valence-electron chi connectivity index (χ0n) is 57.5. The number of nitrogens with one attached hydrogen (secondary N) is 3. The van der Waals surface area contributed by atoms with E-state index in [1.54, 1.807) is 152 Å². The number of aliphatic carboxylic acids is 1. The number of carboxylic acids is 1. The van der Waals surface area contributed by atoms with Crippen LogP contribution < -0.4 is 31.2 Å². The molecule has 4 amide bonds. The number of carboxylic acid groups (broad SMARTS) is 1. The smallest absolute Gasteiger partial charge is 0.480 e. The number of carbonyl (C=O) groups is 8. The summed E-state index contributed by atoms with van der Waals surface area (Å²) in [4.78, 5) is 110. The van der Waals surface area contributed by atoms with Gasteiger partial charge in [-0.2, -0.15) is 19.3 Å². The number of aryl methyl sites for hydroxylation is 2. The molecule has 10 rings (SSSR count). The summed E-state index contributed by atoms with van der Waals surface area (Å²) < 4.78 is 96.7. The number of hydrogen-bond donors (Lipinski definition) is 5. The maximum atomic E-state index is 13.3. The van der Waals surface area contributed by atoms with Gasteiger partial charge in [-0.1, -0.05) is 91.3 Å². The van der Waals surface area contributed by atoms with Crippen LogP contribution in [0.4, 0.5) is 43.0 Å². The van der Waals surface area contributed by atoms with Gasteiger partial charge >= 0.3 is 30.8 Å². The van der Waals surface area contributed by atoms with E-state index in [1.165, 1.54) is 38.5 Å². The van der Waals surface area contributed by atoms with Gasteiger partial charge in [-0.3, -0.25) is 44.3 Å². The predicted molar refractivity (Wildman–Crippen MR) is 363 cm³/mol. The largest absolute Gasteiger partial charge is 0.573 e. The average Bonchev–Trinajstić information content (AvgIpc) is 1.69. The third-order valence-electron chi connectivity index (χ3n) is 15.8. The number of likely N-dealkylation sites (tertiary alicyclic amines) is 1. The predicted octanol–water partition coefficient (Wildman–Crippen LogP) is 12.6. The number of halogens is 6. The highest BCUT2D eigenvalue weighted by molar-refractivity contribution is 6.05. The van der Waals surface area contributed by atoms with E-state index < -0.39 is 77.2 Å². The lowest BCUT2D eigenvalue weighted by molar-refractivity contribution is -0.275. The molecule has 1 unspecified atom stereocenters. The number of ether oxygens (including phenoxy) is 4. The summed E-state index contributed by atoms with van der Waals surface area (Å²) in [6.07, 6.45) is -7.48. The average molecular weight is 1430 g/mol. The van der Waals surface area contributed by atoms with Crippen molar-refractivity contribution in [1.82, 2.24) is 39.7 Å². The summed E-state index contributed by atoms with van der Waals surface area (Å²) in [5, 5.41) is 25.9. The lowest BCUT2D eigenvalue weighted by Gasteiger charge is -2.26. The maximum Gasteiger partial charge on any atom is 0.573 e. The van der Waals surface area contributed by atoms with Crippen molar-refractivity contribution in [3.8, 4) is 22.9 Å². The Labute approximate surface area is 588 Å². The number of ketones is 2. The van der Waals surface area contributed by atoms with Crippen LogP contribution >= 0.6 is 0 Å². The highest BCUT2D eigenvalue weighted by Gasteiger charge is 2.41. The van der Waals surface area contributed by atoms with Crippen molar-refractivity contribution in [2.24, 2.45) is 17.6 Å². The van der Waals surface area contributed by atoms with E-state index in [0.29, 0.717) is 65.9 Å². The number of Topliss-reactive ketones (excluding diaryl/α,β-unsaturated/α-hetero) is 2. The second kappa shape index (κ2) is 33.5. The Morgan fingerprint density at radius 1 is 0.544 bits per heavy atom. The number of anilines is 2. The maximum absolute atomic E-state index is 13.3. The lowest BCUT2D eigenvalue weighted by atomic mass is 9.95. The number of hydrogen-bond acceptors (Lipinski definition) is 17. The molecule has 544 valence electrons. The van der Waals surface area contributed by atoms with Crippen LogP contribution in [-0.2, 0) is 49.8 Å². The van der Waals surface area contributed by atoms with Gasteiger partial charge in [0, 0.05) is 41.9 Å². The van der Waals surface area contributed by atoms with Crippen LogP contribution in [0.15, 0.2) is 146 Å². The third kappa shape index (κ3) is 22.6. The first-order valence-electron chi connectivity index (χ1n) is 32.6. The molecule has 1 saturated heterocycles. The van der Waals surface area contributed by atoms with Crippen molar-refractivity contribution in [2.75, 3.05) is 17.2 Å². The van der Waals surface area contributed by atoms with E-state index in [4.69, 9.17) is 20.3 Å². The second-order valence-electron chi connectivity index (χ2n) is 26.0. The molecule has 3 heterocycles. The topological polar surface area (TPSA) is 320 Å². The SMILES string of the molecule is CC(C)(C)OC(=O)N1CCC[C@H]1C(=O)O.Cc1ccccc1C(=O)Nc1nc(CC(=O)c2ccc(CN)cc2)nn1-c1ccc(OC(F)(F)F)cc1.Cc1ccccc1C(=O)Nc1nc(CC(=O)c2ccc(CNC(=O)[C@@H]3CCCC3C(=O)OC(C)(C)C)cc2)nn1-c1ccc(OC(F)(F)F)cc1. The number of aromatic nitrogens is 6. The Balaban J connectivity index is 0.000000224. The number of nitrogens with two attached hydrogens (primary N) is 1. The molecule has 1 aliphatic heterocycles. The van der Waals surface area contributed by atoms with Gasteiger partial charge in [0.15, 0.2) is 23.2 Å². The highest BCUT2D eigenvalue weighted by Crippen LogP contribution is 2.35. The van der Waals surface area contributed by atoms with Crippen LogP contribution in [0.2, 0.25) is 0 Å². The van der Waals surface area contributed by atoms with Crippen molar-refractivity contribution in [1.29, 1.82) is 0 Å². The second-order valence-corrected chi connectivity index (χ2v) is 26.0. The summed E-state index contributed by atoms with van der Waals surface area (Å²) in [5.41, 5.74) is 9.56. The molecule has 1 saturated carbocycles. The van der Waals surface area contributed by atoms with Gasteiger partial charge in [-0.25, -0.2) is 9.59 Å². The fourth-order valence-electron chi connectivity index (χ4n) is 10.9. The zero-order chi connectivity index (χ0) is 75.1. The highest BCUT2D eigenvalue weighted by atomic mass is 19.4. The van der Waals surface area contributed by atoms with Gasteiger partial charge in [0.25, 0.3) is 11.8 Å². The standard InChI is InChI=1S/C37H38F3N5O6.C26H22F3N5O3.C10H17NO4/c1-22-8-5-6-9-27(22)33(48)43-35-42-31(44-45(35)25-16-18-26(19-17-25)50-37(38,39)40)20-30(46)24-14-12-23(13-15-24)21-41-32(47)28-10-7-11-29(28)34(49)51-36(2,3)4;1-16-4-2-3-5-21(16)24(36)32-25-31-23(14-22(35)18-8-6-17(15-30)7-9-18)33-34(25)19-10-12-20(13-11-19)37-26(27,28)29;1-10(2,3)15-9(14)11-6-4-5-7(11)8(12)13/h5-6,8-9,12-19,28-29H,7,10-11,20-21H2,1-4H3,(H,41,47)(H,42,43,44,48);2-13H,14-15,30H2,1H3,(H,31,32,33,36);7H,4-6H2,1-3H3,(H,12,13)/t28-,29?;;7-/m1.0/s1. The van der Waals surface area contributed by atoms with Crippen molar-refractivity contribution in [3.05, 3.63) is 202 Å². The number of amides is 4. The van der Waals surface area contributed by atoms with Crippen LogP contribution in [0.1, 0.15) is 149 Å². The molecule has 6 N–H and O–H groups in total. The fourth-order valence-corrected chi connectivity index (χ4v) is 10.9. The van der Waals surface area contributed by atoms with Crippen LogP contribution in [0.25, 0.3) is 11.4 Å². The Kier molecular flexibility index (Phi) is 25.2. The molecule has 0 radical (unpaired) electrons. The molecule has 2 fully saturated rings. The molecular formula is C73H77F6N11O13. The number of benzene rings is 6. The van der Waals surface area contributed by atoms with Gasteiger partial charge in [0.2, 0.25) is 17.8 Å². The molecular weight excluding hydrogens is 1350 g/mol. The van der Waals surface area contributed by atoms with E-state index >= 15 is 0 Å². The summed E-state index contributed by atoms with van der Waals surface area (Å²) in [6.45, 7) is 15.2. The number of carbonyl (C=O) groups excluding carboxylic acids is 7. The van der Waals surface area contributed by atoms with Gasteiger partial charge in [0.1, 0.15) is 28.7 Å². The van der Waals surface area contributed by atoms with Crippen molar-refractivity contribution >= 4 is 59.2 Å². The van der Waals surface area contributed by atoms with Gasteiger partial charge in [-0.05, 0) is 164 Å². The zero-order valence-corrected chi connectivity index (χ0v) is 57.5. The van der Waals surface area contributed by atoms with E-state index in [-0.39, 0.29) is 72.1 Å². The Bertz CT molecular complexity index is 4340. The third-order valence-corrected chi connectivity index (χ3v) is 15.8. The number of esters is 1. The van der Waals surface area contributed by atoms with Gasteiger partial charge in [0.05, 0.1) is 36.1 Å². The Hall–Kier alpha value is -11.3. The van der Waals surface area contributed by atoms with Crippen LogP contribution in [0, 0.1) is 25.7 Å². The van der Waals surface area contributed by atoms with Crippen LogP contribution in [0.3, 0.4) is 0 Å². The van der Waals surface area contributed by atoms with E-state index in [2.05, 4.69) is 45.6 Å². The minimum Gasteiger partial charge on any atom is -0.480 e. The fraction of sp³-hybridized carbons (Fsp3) is 0.342. The molecule has 6 aromatic carbocycles. The summed E-state index contributed by atoms with van der Waals surface area (Å²) in [5.74, 6) is -4.78. The molecule has 0 bridgehead atoms. The molecule has 30 heteroatoms. The number of rotatable bonds is 20. The normalized spacial score (nSPS) is 15.1. The van der Waals surface area contributed by atoms with Crippen LogP contribution in [-0.4, -0.2) is 123 Å². The lowest BCUT2D eigenvalue weighted by Crippen LogP contribution is -2.43. The molecule has 2 aliphatic rings.